The van der Waals surface area contributed by atoms with E-state index in [4.69, 9.17) is 23.7 Å². The second-order valence-corrected chi connectivity index (χ2v) is 6.35. The van der Waals surface area contributed by atoms with Crippen LogP contribution in [0.15, 0.2) is 18.7 Å². The summed E-state index contributed by atoms with van der Waals surface area (Å²) in [5.74, 6) is 0. The van der Waals surface area contributed by atoms with Crippen LogP contribution in [0.25, 0.3) is 0 Å². The van der Waals surface area contributed by atoms with Crippen molar-refractivity contribution in [1.82, 2.24) is 14.9 Å². The number of rotatable bonds is 12. The number of nitrogens with zero attached hydrogens (tertiary/aromatic N) is 2. The third-order valence-electron chi connectivity index (χ3n) is 2.83. The molecule has 1 rings (SSSR count). The van der Waals surface area contributed by atoms with Gasteiger partial charge in [0, 0.05) is 18.9 Å². The molecule has 0 aliphatic heterocycles. The fourth-order valence-corrected chi connectivity index (χ4v) is 1.71. The molecule has 0 atom stereocenters. The molecule has 1 amide bonds. The Morgan fingerprint density at radius 1 is 0.963 bits per heavy atom. The summed E-state index contributed by atoms with van der Waals surface area (Å²) in [6.45, 7) is 8.24. The molecule has 1 aromatic rings. The lowest BCUT2D eigenvalue weighted by molar-refractivity contribution is 0.00564. The van der Waals surface area contributed by atoms with Gasteiger partial charge in [-0.25, -0.2) is 19.1 Å². The lowest BCUT2D eigenvalue weighted by Gasteiger charge is -2.19. The number of alkyl carbamates (subject to hydrolysis) is 1. The molecule has 1 heterocycles. The highest BCUT2D eigenvalue weighted by atomic mass is 16.6. The van der Waals surface area contributed by atoms with Crippen LogP contribution >= 0.6 is 0 Å². The molecular formula is C17H29N3O7. The summed E-state index contributed by atoms with van der Waals surface area (Å²) in [7, 11) is 0. The monoisotopic (exact) mass is 387 g/mol. The average molecular weight is 387 g/mol. The normalized spacial score (nSPS) is 11.2. The van der Waals surface area contributed by atoms with Crippen molar-refractivity contribution in [2.24, 2.45) is 0 Å². The zero-order valence-electron chi connectivity index (χ0n) is 16.1. The second-order valence-electron chi connectivity index (χ2n) is 6.35. The van der Waals surface area contributed by atoms with Gasteiger partial charge in [-0.3, -0.25) is 0 Å². The molecule has 1 N–H and O–H groups in total. The van der Waals surface area contributed by atoms with Gasteiger partial charge < -0.3 is 29.0 Å². The van der Waals surface area contributed by atoms with E-state index in [9.17, 15) is 9.59 Å². The number of carbonyl (C=O) groups is 2. The number of hydrogen-bond donors (Lipinski definition) is 1. The molecular weight excluding hydrogens is 358 g/mol. The van der Waals surface area contributed by atoms with Gasteiger partial charge in [-0.15, -0.1) is 0 Å². The molecule has 0 saturated carbocycles. The Balaban J connectivity index is 1.80. The molecule has 10 heteroatoms. The van der Waals surface area contributed by atoms with Crippen molar-refractivity contribution >= 4 is 12.2 Å². The van der Waals surface area contributed by atoms with Crippen molar-refractivity contribution in [3.8, 4) is 0 Å². The van der Waals surface area contributed by atoms with Crippen molar-refractivity contribution < 1.29 is 33.3 Å². The molecule has 0 unspecified atom stereocenters. The van der Waals surface area contributed by atoms with E-state index in [1.807, 2.05) is 0 Å². The minimum atomic E-state index is -0.511. The summed E-state index contributed by atoms with van der Waals surface area (Å²) in [4.78, 5) is 26.6. The molecule has 0 aromatic carbocycles. The zero-order chi connectivity index (χ0) is 20.0. The third kappa shape index (κ3) is 12.8. The van der Waals surface area contributed by atoms with Gasteiger partial charge in [-0.1, -0.05) is 0 Å². The van der Waals surface area contributed by atoms with Gasteiger partial charge in [-0.05, 0) is 20.8 Å². The minimum absolute atomic E-state index is 0.158. The molecule has 0 bridgehead atoms. The van der Waals surface area contributed by atoms with E-state index in [1.54, 1.807) is 20.8 Å². The van der Waals surface area contributed by atoms with E-state index < -0.39 is 17.8 Å². The highest BCUT2D eigenvalue weighted by Crippen LogP contribution is 2.05. The second kappa shape index (κ2) is 13.1. The van der Waals surface area contributed by atoms with Crippen molar-refractivity contribution in [3.63, 3.8) is 0 Å². The SMILES string of the molecule is CC(C)(C)OC(=O)NCCOCCOCCOCCOC(=O)n1ccnc1. The first kappa shape index (κ1) is 22.9. The third-order valence-corrected chi connectivity index (χ3v) is 2.83. The molecule has 0 aliphatic rings. The van der Waals surface area contributed by atoms with Crippen LogP contribution in [0.5, 0.6) is 0 Å². The van der Waals surface area contributed by atoms with E-state index in [-0.39, 0.29) is 13.2 Å². The number of ether oxygens (including phenoxy) is 5. The van der Waals surface area contributed by atoms with Crippen molar-refractivity contribution in [3.05, 3.63) is 18.7 Å². The van der Waals surface area contributed by atoms with Gasteiger partial charge in [0.05, 0.1) is 39.6 Å². The van der Waals surface area contributed by atoms with Crippen LogP contribution in [0.4, 0.5) is 9.59 Å². The topological polar surface area (TPSA) is 110 Å². The van der Waals surface area contributed by atoms with Crippen LogP contribution in [0.2, 0.25) is 0 Å². The average Bonchev–Trinajstić information content (AvgIpc) is 3.12. The molecule has 0 spiro atoms. The summed E-state index contributed by atoms with van der Waals surface area (Å²) in [5, 5.41) is 2.60. The van der Waals surface area contributed by atoms with Gasteiger partial charge >= 0.3 is 12.2 Å². The van der Waals surface area contributed by atoms with Crippen LogP contribution in [0.3, 0.4) is 0 Å². The van der Waals surface area contributed by atoms with Gasteiger partial charge in [0.25, 0.3) is 0 Å². The summed E-state index contributed by atoms with van der Waals surface area (Å²) in [5.41, 5.74) is -0.511. The van der Waals surface area contributed by atoms with Crippen molar-refractivity contribution in [2.45, 2.75) is 26.4 Å². The Labute approximate surface area is 159 Å². The first-order valence-electron chi connectivity index (χ1n) is 8.73. The number of amides is 1. The fraction of sp³-hybridized carbons (Fsp3) is 0.706. The number of imidazole rings is 1. The van der Waals surface area contributed by atoms with Gasteiger partial charge in [-0.2, -0.15) is 0 Å². The predicted molar refractivity (Wildman–Crippen MR) is 95.7 cm³/mol. The van der Waals surface area contributed by atoms with E-state index in [1.165, 1.54) is 23.3 Å². The quantitative estimate of drug-likeness (QED) is 0.537. The molecule has 0 aliphatic carbocycles. The molecule has 0 saturated heterocycles. The smallest absolute Gasteiger partial charge is 0.419 e. The summed E-state index contributed by atoms with van der Waals surface area (Å²) < 4.78 is 27.2. The summed E-state index contributed by atoms with van der Waals surface area (Å²) >= 11 is 0. The van der Waals surface area contributed by atoms with Crippen LogP contribution < -0.4 is 5.32 Å². The largest absolute Gasteiger partial charge is 0.446 e. The first-order chi connectivity index (χ1) is 12.9. The maximum atomic E-state index is 11.5. The van der Waals surface area contributed by atoms with Crippen LogP contribution in [-0.2, 0) is 23.7 Å². The van der Waals surface area contributed by atoms with Crippen LogP contribution in [0, 0.1) is 0 Å². The number of hydrogen-bond acceptors (Lipinski definition) is 8. The number of aromatic nitrogens is 2. The molecule has 1 aromatic heterocycles. The maximum Gasteiger partial charge on any atom is 0.419 e. The van der Waals surface area contributed by atoms with E-state index in [0.29, 0.717) is 39.6 Å². The molecule has 0 fully saturated rings. The number of nitrogens with one attached hydrogen (secondary N) is 1. The Morgan fingerprint density at radius 3 is 2.11 bits per heavy atom. The van der Waals surface area contributed by atoms with E-state index in [2.05, 4.69) is 10.3 Å². The fourth-order valence-electron chi connectivity index (χ4n) is 1.71. The highest BCUT2D eigenvalue weighted by molar-refractivity contribution is 5.69. The lowest BCUT2D eigenvalue weighted by Crippen LogP contribution is -2.34. The summed E-state index contributed by atoms with van der Waals surface area (Å²) in [6, 6.07) is 0. The Bertz CT molecular complexity index is 529. The van der Waals surface area contributed by atoms with Crippen LogP contribution in [-0.4, -0.2) is 80.1 Å². The number of carbonyl (C=O) groups excluding carboxylic acids is 2. The Hall–Kier alpha value is -2.17. The summed E-state index contributed by atoms with van der Waals surface area (Å²) in [6.07, 6.45) is 3.41. The Kier molecular flexibility index (Phi) is 11.1. The lowest BCUT2D eigenvalue weighted by atomic mass is 10.2. The van der Waals surface area contributed by atoms with Gasteiger partial charge in [0.2, 0.25) is 0 Å². The minimum Gasteiger partial charge on any atom is -0.446 e. The Morgan fingerprint density at radius 2 is 1.56 bits per heavy atom. The van der Waals surface area contributed by atoms with Crippen LogP contribution in [0.1, 0.15) is 20.8 Å². The molecule has 10 nitrogen and oxygen atoms in total. The van der Waals surface area contributed by atoms with E-state index >= 15 is 0 Å². The first-order valence-corrected chi connectivity index (χ1v) is 8.73. The zero-order valence-corrected chi connectivity index (χ0v) is 16.1. The highest BCUT2D eigenvalue weighted by Gasteiger charge is 2.15. The van der Waals surface area contributed by atoms with E-state index in [0.717, 1.165) is 0 Å². The molecule has 0 radical (unpaired) electrons. The standard InChI is InChI=1S/C17H29N3O7/c1-17(2,3)27-15(21)19-5-7-23-8-9-24-10-11-25-12-13-26-16(22)20-6-4-18-14-20/h4,6,14H,5,7-13H2,1-3H3,(H,19,21). The van der Waals surface area contributed by atoms with Crippen molar-refractivity contribution in [2.75, 3.05) is 52.8 Å². The molecule has 154 valence electrons. The predicted octanol–water partition coefficient (Wildman–Crippen LogP) is 1.44. The van der Waals surface area contributed by atoms with Gasteiger partial charge in [0.15, 0.2) is 0 Å². The van der Waals surface area contributed by atoms with Gasteiger partial charge in [0.1, 0.15) is 18.5 Å². The maximum absolute atomic E-state index is 11.5. The molecule has 27 heavy (non-hydrogen) atoms. The van der Waals surface area contributed by atoms with Crippen molar-refractivity contribution in [1.29, 1.82) is 0 Å².